The van der Waals surface area contributed by atoms with Crippen molar-refractivity contribution in [2.24, 2.45) is 23.3 Å². The molecule has 0 bridgehead atoms. The lowest BCUT2D eigenvalue weighted by molar-refractivity contribution is -0.119. The van der Waals surface area contributed by atoms with E-state index in [9.17, 15) is 4.79 Å². The average Bonchev–Trinajstić information content (AvgIpc) is 2.12. The number of carbonyl (C=O) groups excluding carboxylic acids is 1. The fourth-order valence-electron chi connectivity index (χ4n) is 2.44. The minimum atomic E-state index is -0.488. The second kappa shape index (κ2) is 5.47. The molecule has 1 fully saturated rings. The summed E-state index contributed by atoms with van der Waals surface area (Å²) in [5.41, 5.74) is 10.7. The van der Waals surface area contributed by atoms with E-state index in [0.717, 1.165) is 31.5 Å². The predicted octanol–water partition coefficient (Wildman–Crippen LogP) is 0.167. The smallest absolute Gasteiger partial charge is 0.234 e. The van der Waals surface area contributed by atoms with Gasteiger partial charge in [-0.2, -0.15) is 0 Å². The van der Waals surface area contributed by atoms with Gasteiger partial charge in [-0.3, -0.25) is 4.79 Å². The van der Waals surface area contributed by atoms with Crippen molar-refractivity contribution in [2.75, 3.05) is 19.6 Å². The summed E-state index contributed by atoms with van der Waals surface area (Å²) in [7, 11) is 0. The monoisotopic (exact) mass is 213 g/mol. The van der Waals surface area contributed by atoms with Gasteiger partial charge in [0, 0.05) is 19.6 Å². The van der Waals surface area contributed by atoms with Crippen molar-refractivity contribution < 1.29 is 4.79 Å². The third-order valence-electron chi connectivity index (χ3n) is 3.07. The van der Waals surface area contributed by atoms with E-state index in [1.165, 1.54) is 6.42 Å². The van der Waals surface area contributed by atoms with Crippen LogP contribution in [0.15, 0.2) is 0 Å². The van der Waals surface area contributed by atoms with Crippen molar-refractivity contribution in [2.45, 2.75) is 32.7 Å². The molecule has 0 radical (unpaired) electrons. The van der Waals surface area contributed by atoms with Crippen LogP contribution in [0.1, 0.15) is 26.7 Å². The summed E-state index contributed by atoms with van der Waals surface area (Å²) < 4.78 is 0. The summed E-state index contributed by atoms with van der Waals surface area (Å²) >= 11 is 0. The zero-order chi connectivity index (χ0) is 11.4. The predicted molar refractivity (Wildman–Crippen MR) is 61.2 cm³/mol. The summed E-state index contributed by atoms with van der Waals surface area (Å²) in [6, 6.07) is -0.488. The first-order valence-electron chi connectivity index (χ1n) is 5.76. The molecule has 0 saturated carbocycles. The number of carbonyl (C=O) groups is 1. The Kier molecular flexibility index (Phi) is 4.54. The highest BCUT2D eigenvalue weighted by Gasteiger charge is 2.22. The first-order valence-corrected chi connectivity index (χ1v) is 5.76. The van der Waals surface area contributed by atoms with E-state index in [1.54, 1.807) is 0 Å². The maximum absolute atomic E-state index is 10.8. The zero-order valence-electron chi connectivity index (χ0n) is 9.78. The summed E-state index contributed by atoms with van der Waals surface area (Å²) in [5.74, 6) is 1.10. The van der Waals surface area contributed by atoms with E-state index >= 15 is 0 Å². The van der Waals surface area contributed by atoms with Gasteiger partial charge in [-0.05, 0) is 24.7 Å². The Labute approximate surface area is 92.0 Å². The maximum Gasteiger partial charge on any atom is 0.234 e. The van der Waals surface area contributed by atoms with Gasteiger partial charge in [0.1, 0.15) is 0 Å². The molecule has 1 aliphatic rings. The summed E-state index contributed by atoms with van der Waals surface area (Å²) in [6.45, 7) is 7.68. The largest absolute Gasteiger partial charge is 0.368 e. The summed E-state index contributed by atoms with van der Waals surface area (Å²) in [6.07, 6.45) is 1.98. The average molecular weight is 213 g/mol. The summed E-state index contributed by atoms with van der Waals surface area (Å²) in [4.78, 5) is 13.2. The molecule has 4 N–H and O–H groups in total. The van der Waals surface area contributed by atoms with Crippen molar-refractivity contribution in [3.63, 3.8) is 0 Å². The highest BCUT2D eigenvalue weighted by molar-refractivity contribution is 5.79. The fourth-order valence-corrected chi connectivity index (χ4v) is 2.44. The maximum atomic E-state index is 10.8. The van der Waals surface area contributed by atoms with Gasteiger partial charge >= 0.3 is 0 Å². The SMILES string of the molecule is CC1CC(C)CN(CCC(N)C(N)=O)C1. The number of piperidine rings is 1. The van der Waals surface area contributed by atoms with Crippen molar-refractivity contribution >= 4 is 5.91 Å². The van der Waals surface area contributed by atoms with Crippen LogP contribution in [0.3, 0.4) is 0 Å². The number of likely N-dealkylation sites (tertiary alicyclic amines) is 1. The molecule has 0 aromatic heterocycles. The van der Waals surface area contributed by atoms with Crippen LogP contribution in [0.25, 0.3) is 0 Å². The van der Waals surface area contributed by atoms with Crippen LogP contribution in [-0.2, 0) is 4.79 Å². The first kappa shape index (κ1) is 12.5. The number of amides is 1. The topological polar surface area (TPSA) is 72.3 Å². The second-order valence-corrected chi connectivity index (χ2v) is 5.00. The minimum Gasteiger partial charge on any atom is -0.368 e. The molecule has 1 rings (SSSR count). The zero-order valence-corrected chi connectivity index (χ0v) is 9.78. The lowest BCUT2D eigenvalue weighted by Gasteiger charge is -2.35. The Balaban J connectivity index is 2.29. The molecular weight excluding hydrogens is 190 g/mol. The molecule has 0 aromatic rings. The Morgan fingerprint density at radius 2 is 1.93 bits per heavy atom. The van der Waals surface area contributed by atoms with Crippen LogP contribution >= 0.6 is 0 Å². The van der Waals surface area contributed by atoms with Gasteiger partial charge in [0.15, 0.2) is 0 Å². The van der Waals surface area contributed by atoms with E-state index in [0.29, 0.717) is 6.42 Å². The third kappa shape index (κ3) is 4.18. The molecular formula is C11H23N3O. The Morgan fingerprint density at radius 1 is 1.40 bits per heavy atom. The molecule has 3 atom stereocenters. The van der Waals surface area contributed by atoms with Gasteiger partial charge in [0.25, 0.3) is 0 Å². The normalized spacial score (nSPS) is 30.1. The van der Waals surface area contributed by atoms with Crippen LogP contribution in [0.2, 0.25) is 0 Å². The van der Waals surface area contributed by atoms with Gasteiger partial charge in [-0.1, -0.05) is 13.8 Å². The highest BCUT2D eigenvalue weighted by Crippen LogP contribution is 2.20. The Bertz CT molecular complexity index is 210. The number of nitrogens with two attached hydrogens (primary N) is 2. The molecule has 4 heteroatoms. The third-order valence-corrected chi connectivity index (χ3v) is 3.07. The molecule has 1 aliphatic heterocycles. The molecule has 0 spiro atoms. The molecule has 15 heavy (non-hydrogen) atoms. The van der Waals surface area contributed by atoms with Gasteiger partial charge in [0.05, 0.1) is 6.04 Å². The van der Waals surface area contributed by atoms with Crippen molar-refractivity contribution in [3.8, 4) is 0 Å². The lowest BCUT2D eigenvalue weighted by Crippen LogP contribution is -2.43. The van der Waals surface area contributed by atoms with E-state index < -0.39 is 11.9 Å². The van der Waals surface area contributed by atoms with Crippen LogP contribution in [-0.4, -0.2) is 36.5 Å². The van der Waals surface area contributed by atoms with E-state index in [-0.39, 0.29) is 0 Å². The minimum absolute atomic E-state index is 0.395. The van der Waals surface area contributed by atoms with E-state index in [2.05, 4.69) is 18.7 Å². The highest BCUT2D eigenvalue weighted by atomic mass is 16.1. The molecule has 1 amide bonds. The standard InChI is InChI=1S/C11H23N3O/c1-8-5-9(2)7-14(6-8)4-3-10(12)11(13)15/h8-10H,3-7,12H2,1-2H3,(H2,13,15). The molecule has 88 valence electrons. The number of rotatable bonds is 4. The number of nitrogens with zero attached hydrogens (tertiary/aromatic N) is 1. The number of primary amides is 1. The van der Waals surface area contributed by atoms with Gasteiger partial charge in [-0.25, -0.2) is 0 Å². The van der Waals surface area contributed by atoms with Gasteiger partial charge < -0.3 is 16.4 Å². The Morgan fingerprint density at radius 3 is 2.40 bits per heavy atom. The van der Waals surface area contributed by atoms with Crippen molar-refractivity contribution in [1.29, 1.82) is 0 Å². The van der Waals surface area contributed by atoms with Crippen LogP contribution < -0.4 is 11.5 Å². The molecule has 4 nitrogen and oxygen atoms in total. The van der Waals surface area contributed by atoms with Gasteiger partial charge in [0.2, 0.25) is 5.91 Å². The van der Waals surface area contributed by atoms with Crippen LogP contribution in [0.4, 0.5) is 0 Å². The second-order valence-electron chi connectivity index (χ2n) is 5.00. The number of hydrogen-bond acceptors (Lipinski definition) is 3. The number of hydrogen-bond donors (Lipinski definition) is 2. The van der Waals surface area contributed by atoms with E-state index in [1.807, 2.05) is 0 Å². The van der Waals surface area contributed by atoms with Crippen LogP contribution in [0, 0.1) is 11.8 Å². The molecule has 1 saturated heterocycles. The molecule has 0 aliphatic carbocycles. The molecule has 3 unspecified atom stereocenters. The van der Waals surface area contributed by atoms with E-state index in [4.69, 9.17) is 11.5 Å². The van der Waals surface area contributed by atoms with Crippen molar-refractivity contribution in [1.82, 2.24) is 4.90 Å². The summed E-state index contributed by atoms with van der Waals surface area (Å²) in [5, 5.41) is 0. The fraction of sp³-hybridized carbons (Fsp3) is 0.909. The van der Waals surface area contributed by atoms with Gasteiger partial charge in [-0.15, -0.1) is 0 Å². The van der Waals surface area contributed by atoms with Crippen molar-refractivity contribution in [3.05, 3.63) is 0 Å². The Hall–Kier alpha value is -0.610. The first-order chi connectivity index (χ1) is 6.99. The molecule has 0 aromatic carbocycles. The quantitative estimate of drug-likeness (QED) is 0.699. The lowest BCUT2D eigenvalue weighted by atomic mass is 9.92. The van der Waals surface area contributed by atoms with Crippen LogP contribution in [0.5, 0.6) is 0 Å². The molecule has 1 heterocycles.